The predicted octanol–water partition coefficient (Wildman–Crippen LogP) is 18.0. The van der Waals surface area contributed by atoms with Crippen molar-refractivity contribution in [2.24, 2.45) is 0 Å². The van der Waals surface area contributed by atoms with Crippen molar-refractivity contribution in [3.05, 3.63) is 255 Å². The standard InChI is InChI=1S/C64H42N2O/c1-2-12-47-40-51(24-23-43(47)11-1)46-29-36-55(37-30-46)65(53-32-25-44(26-33-53)48-13-9-14-49(39-48)52-31-38-60-59-19-5-8-22-63(59)67-64(60)42-52)54-34-27-45(28-35-54)50-15-10-16-56(41-50)66-61-20-6-3-17-57(61)58-18-4-7-21-62(58)66/h1-42H. The first-order valence-corrected chi connectivity index (χ1v) is 22.9. The molecule has 13 rings (SSSR count). The minimum Gasteiger partial charge on any atom is -0.456 e. The molecule has 3 heteroatoms. The van der Waals surface area contributed by atoms with Crippen LogP contribution in [0.25, 0.3) is 105 Å². The second-order valence-electron chi connectivity index (χ2n) is 17.3. The summed E-state index contributed by atoms with van der Waals surface area (Å²) in [5.74, 6) is 0. The maximum Gasteiger partial charge on any atom is 0.136 e. The summed E-state index contributed by atoms with van der Waals surface area (Å²) in [4.78, 5) is 2.35. The lowest BCUT2D eigenvalue weighted by atomic mass is 9.98. The van der Waals surface area contributed by atoms with Crippen LogP contribution in [0.1, 0.15) is 0 Å². The third kappa shape index (κ3) is 6.84. The Kier molecular flexibility index (Phi) is 9.17. The molecule has 0 saturated carbocycles. The maximum atomic E-state index is 6.25. The molecule has 0 bridgehead atoms. The van der Waals surface area contributed by atoms with Crippen LogP contribution in [-0.4, -0.2) is 4.57 Å². The fourth-order valence-corrected chi connectivity index (χ4v) is 10.0. The molecule has 0 saturated heterocycles. The molecule has 11 aromatic carbocycles. The van der Waals surface area contributed by atoms with Crippen LogP contribution in [0.4, 0.5) is 17.1 Å². The third-order valence-corrected chi connectivity index (χ3v) is 13.4. The van der Waals surface area contributed by atoms with E-state index in [2.05, 4.69) is 252 Å². The molecule has 0 fully saturated rings. The van der Waals surface area contributed by atoms with Crippen molar-refractivity contribution in [3.8, 4) is 50.2 Å². The highest BCUT2D eigenvalue weighted by atomic mass is 16.3. The Bertz CT molecular complexity index is 3920. The number of nitrogens with zero attached hydrogens (tertiary/aromatic N) is 2. The van der Waals surface area contributed by atoms with Gasteiger partial charge < -0.3 is 13.9 Å². The van der Waals surface area contributed by atoms with Crippen LogP contribution < -0.4 is 4.90 Å². The summed E-state index contributed by atoms with van der Waals surface area (Å²) in [6.07, 6.45) is 0. The Morgan fingerprint density at radius 2 is 0.716 bits per heavy atom. The van der Waals surface area contributed by atoms with Gasteiger partial charge in [0.1, 0.15) is 11.2 Å². The van der Waals surface area contributed by atoms with Gasteiger partial charge in [-0.3, -0.25) is 0 Å². The first kappa shape index (κ1) is 38.5. The Balaban J connectivity index is 0.850. The van der Waals surface area contributed by atoms with Crippen molar-refractivity contribution in [2.45, 2.75) is 0 Å². The first-order valence-electron chi connectivity index (χ1n) is 22.9. The van der Waals surface area contributed by atoms with Crippen LogP contribution in [0.5, 0.6) is 0 Å². The van der Waals surface area contributed by atoms with Gasteiger partial charge in [0.15, 0.2) is 0 Å². The molecular weight excluding hydrogens is 813 g/mol. The average Bonchev–Trinajstić information content (AvgIpc) is 3.95. The largest absolute Gasteiger partial charge is 0.456 e. The maximum absolute atomic E-state index is 6.25. The Hall–Kier alpha value is -8.92. The Labute approximate surface area is 388 Å². The van der Waals surface area contributed by atoms with Gasteiger partial charge in [-0.25, -0.2) is 0 Å². The molecule has 2 heterocycles. The molecule has 0 atom stereocenters. The monoisotopic (exact) mass is 854 g/mol. The summed E-state index contributed by atoms with van der Waals surface area (Å²) >= 11 is 0. The highest BCUT2D eigenvalue weighted by molar-refractivity contribution is 6.09. The van der Waals surface area contributed by atoms with E-state index in [4.69, 9.17) is 4.42 Å². The normalized spacial score (nSPS) is 11.6. The van der Waals surface area contributed by atoms with E-state index in [1.54, 1.807) is 0 Å². The number of benzene rings is 11. The van der Waals surface area contributed by atoms with E-state index in [9.17, 15) is 0 Å². The fraction of sp³-hybridized carbons (Fsp3) is 0. The molecular formula is C64H42N2O. The van der Waals surface area contributed by atoms with Crippen molar-refractivity contribution < 1.29 is 4.42 Å². The summed E-state index contributed by atoms with van der Waals surface area (Å²) in [7, 11) is 0. The number of fused-ring (bicyclic) bond motifs is 7. The minimum atomic E-state index is 0.903. The van der Waals surface area contributed by atoms with Crippen molar-refractivity contribution in [1.29, 1.82) is 0 Å². The van der Waals surface area contributed by atoms with E-state index >= 15 is 0 Å². The van der Waals surface area contributed by atoms with Crippen molar-refractivity contribution in [1.82, 2.24) is 4.57 Å². The lowest BCUT2D eigenvalue weighted by molar-refractivity contribution is 0.669. The zero-order valence-electron chi connectivity index (χ0n) is 36.6. The average molecular weight is 855 g/mol. The molecule has 13 aromatic rings. The van der Waals surface area contributed by atoms with Crippen molar-refractivity contribution in [2.75, 3.05) is 4.90 Å². The van der Waals surface area contributed by atoms with Crippen molar-refractivity contribution in [3.63, 3.8) is 0 Å². The van der Waals surface area contributed by atoms with Gasteiger partial charge in [0.2, 0.25) is 0 Å². The van der Waals surface area contributed by atoms with E-state index in [1.807, 2.05) is 12.1 Å². The van der Waals surface area contributed by atoms with Gasteiger partial charge in [-0.15, -0.1) is 0 Å². The van der Waals surface area contributed by atoms with Crippen LogP contribution in [0, 0.1) is 0 Å². The zero-order valence-corrected chi connectivity index (χ0v) is 36.6. The number of furan rings is 1. The molecule has 0 aliphatic rings. The van der Waals surface area contributed by atoms with Gasteiger partial charge in [-0.2, -0.15) is 0 Å². The topological polar surface area (TPSA) is 21.3 Å². The minimum absolute atomic E-state index is 0.903. The molecule has 0 unspecified atom stereocenters. The molecule has 3 nitrogen and oxygen atoms in total. The number of para-hydroxylation sites is 3. The molecule has 2 aromatic heterocycles. The van der Waals surface area contributed by atoms with Gasteiger partial charge in [-0.1, -0.05) is 164 Å². The van der Waals surface area contributed by atoms with Crippen LogP contribution in [0.15, 0.2) is 259 Å². The summed E-state index contributed by atoms with van der Waals surface area (Å²) in [5, 5.41) is 7.29. The van der Waals surface area contributed by atoms with E-state index in [1.165, 1.54) is 49.3 Å². The van der Waals surface area contributed by atoms with Gasteiger partial charge in [0.25, 0.3) is 0 Å². The first-order chi connectivity index (χ1) is 33.2. The number of aromatic nitrogens is 1. The van der Waals surface area contributed by atoms with Gasteiger partial charge in [0, 0.05) is 44.3 Å². The van der Waals surface area contributed by atoms with E-state index in [0.29, 0.717) is 0 Å². The zero-order chi connectivity index (χ0) is 44.3. The molecule has 0 spiro atoms. The highest BCUT2D eigenvalue weighted by Gasteiger charge is 2.16. The van der Waals surface area contributed by atoms with Crippen LogP contribution in [0.2, 0.25) is 0 Å². The summed E-state index contributed by atoms with van der Waals surface area (Å²) < 4.78 is 8.63. The predicted molar refractivity (Wildman–Crippen MR) is 282 cm³/mol. The molecule has 67 heavy (non-hydrogen) atoms. The fourth-order valence-electron chi connectivity index (χ4n) is 10.0. The summed E-state index contributed by atoms with van der Waals surface area (Å²) in [6, 6.07) is 92.0. The second-order valence-corrected chi connectivity index (χ2v) is 17.3. The highest BCUT2D eigenvalue weighted by Crippen LogP contribution is 2.40. The van der Waals surface area contributed by atoms with Crippen LogP contribution >= 0.6 is 0 Å². The molecule has 0 amide bonds. The van der Waals surface area contributed by atoms with Gasteiger partial charge in [0.05, 0.1) is 11.0 Å². The quantitative estimate of drug-likeness (QED) is 0.152. The molecule has 0 aliphatic heterocycles. The third-order valence-electron chi connectivity index (χ3n) is 13.4. The van der Waals surface area contributed by atoms with Crippen LogP contribution in [0.3, 0.4) is 0 Å². The van der Waals surface area contributed by atoms with Crippen LogP contribution in [-0.2, 0) is 0 Å². The van der Waals surface area contributed by atoms with Gasteiger partial charge in [-0.05, 0) is 146 Å². The molecule has 314 valence electrons. The smallest absolute Gasteiger partial charge is 0.136 e. The molecule has 0 N–H and O–H groups in total. The lowest BCUT2D eigenvalue weighted by Crippen LogP contribution is -2.09. The Morgan fingerprint density at radius 1 is 0.269 bits per heavy atom. The number of rotatable bonds is 8. The second kappa shape index (κ2) is 16.0. The van der Waals surface area contributed by atoms with E-state index < -0.39 is 0 Å². The number of hydrogen-bond acceptors (Lipinski definition) is 2. The lowest BCUT2D eigenvalue weighted by Gasteiger charge is -2.26. The van der Waals surface area contributed by atoms with Crippen molar-refractivity contribution >= 4 is 71.6 Å². The molecule has 0 radical (unpaired) electrons. The summed E-state index contributed by atoms with van der Waals surface area (Å²) in [6.45, 7) is 0. The van der Waals surface area contributed by atoms with E-state index in [-0.39, 0.29) is 0 Å². The molecule has 0 aliphatic carbocycles. The SMILES string of the molecule is c1cc(-c2ccc(N(c3ccc(-c4cccc(-n5c6ccccc6c6ccccc65)c4)cc3)c3ccc(-c4ccc5ccccc5c4)cc3)cc2)cc(-c2ccc3c(c2)oc2ccccc23)c1. The number of hydrogen-bond donors (Lipinski definition) is 0. The Morgan fingerprint density at radius 3 is 1.36 bits per heavy atom. The summed E-state index contributed by atoms with van der Waals surface area (Å²) in [5.41, 5.74) is 17.9. The van der Waals surface area contributed by atoms with E-state index in [0.717, 1.165) is 72.5 Å². The van der Waals surface area contributed by atoms with Gasteiger partial charge >= 0.3 is 0 Å². The number of anilines is 3.